The van der Waals surface area contributed by atoms with Gasteiger partial charge in [-0.25, -0.2) is 0 Å². The van der Waals surface area contributed by atoms with Gasteiger partial charge in [0.2, 0.25) is 5.91 Å². The fourth-order valence-corrected chi connectivity index (χ4v) is 1.66. The minimum atomic E-state index is -0.0456. The zero-order valence-electron chi connectivity index (χ0n) is 9.05. The van der Waals surface area contributed by atoms with Crippen LogP contribution < -0.4 is 10.6 Å². The van der Waals surface area contributed by atoms with E-state index in [9.17, 15) is 4.79 Å². The largest absolute Gasteiger partial charge is 0.327 e. The van der Waals surface area contributed by atoms with Crippen molar-refractivity contribution in [3.05, 3.63) is 29.8 Å². The zero-order valence-corrected chi connectivity index (χ0v) is 9.05. The highest BCUT2D eigenvalue weighted by Gasteiger charge is 2.41. The van der Waals surface area contributed by atoms with Crippen molar-refractivity contribution in [1.82, 2.24) is 0 Å². The molecule has 0 spiro atoms. The summed E-state index contributed by atoms with van der Waals surface area (Å²) in [6, 6.07) is 9.05. The third kappa shape index (κ3) is 1.90. The number of nitriles is 1. The molecule has 4 heteroatoms. The maximum atomic E-state index is 11.9. The molecule has 0 saturated heterocycles. The van der Waals surface area contributed by atoms with Gasteiger partial charge in [0.15, 0.2) is 0 Å². The molecule has 1 fully saturated rings. The molecule has 2 atom stereocenters. The Balaban J connectivity index is 2.17. The van der Waals surface area contributed by atoms with Crippen molar-refractivity contribution in [3.8, 4) is 6.07 Å². The van der Waals surface area contributed by atoms with Crippen molar-refractivity contribution in [1.29, 1.82) is 5.26 Å². The lowest BCUT2D eigenvalue weighted by atomic mass is 10.2. The van der Waals surface area contributed by atoms with Crippen LogP contribution in [0.5, 0.6) is 0 Å². The average Bonchev–Trinajstić information content (AvgIpc) is 3.04. The molecule has 0 bridgehead atoms. The first-order chi connectivity index (χ1) is 7.63. The summed E-state index contributed by atoms with van der Waals surface area (Å²) in [5, 5.41) is 8.77. The molecule has 0 heterocycles. The van der Waals surface area contributed by atoms with Crippen LogP contribution in [0.25, 0.3) is 0 Å². The number of hydrogen-bond donors (Lipinski definition) is 1. The predicted octanol–water partition coefficient (Wildman–Crippen LogP) is 0.868. The second-order valence-electron chi connectivity index (χ2n) is 4.07. The topological polar surface area (TPSA) is 70.1 Å². The number of nitrogens with two attached hydrogens (primary N) is 1. The molecule has 4 nitrogen and oxygen atoms in total. The molecule has 1 aliphatic rings. The van der Waals surface area contributed by atoms with E-state index in [1.54, 1.807) is 30.1 Å². The Labute approximate surface area is 94.3 Å². The lowest BCUT2D eigenvalue weighted by Gasteiger charge is -2.17. The van der Waals surface area contributed by atoms with E-state index in [0.717, 1.165) is 12.1 Å². The molecular weight excluding hydrogens is 202 g/mol. The predicted molar refractivity (Wildman–Crippen MR) is 60.6 cm³/mol. The molecule has 1 aliphatic carbocycles. The van der Waals surface area contributed by atoms with Gasteiger partial charge in [-0.1, -0.05) is 6.07 Å². The van der Waals surface area contributed by atoms with E-state index < -0.39 is 0 Å². The van der Waals surface area contributed by atoms with Crippen molar-refractivity contribution < 1.29 is 4.79 Å². The summed E-state index contributed by atoms with van der Waals surface area (Å²) in [7, 11) is 1.71. The summed E-state index contributed by atoms with van der Waals surface area (Å²) in [6.45, 7) is 0. The van der Waals surface area contributed by atoms with Gasteiger partial charge in [-0.05, 0) is 24.6 Å². The Morgan fingerprint density at radius 3 is 2.88 bits per heavy atom. The van der Waals surface area contributed by atoms with Gasteiger partial charge in [0, 0.05) is 18.8 Å². The zero-order chi connectivity index (χ0) is 11.7. The van der Waals surface area contributed by atoms with Crippen molar-refractivity contribution in [2.24, 2.45) is 11.7 Å². The van der Waals surface area contributed by atoms with Crippen molar-refractivity contribution in [2.75, 3.05) is 11.9 Å². The van der Waals surface area contributed by atoms with E-state index >= 15 is 0 Å². The Morgan fingerprint density at radius 1 is 1.62 bits per heavy atom. The molecule has 2 unspecified atom stereocenters. The fraction of sp³-hybridized carbons (Fsp3) is 0.333. The van der Waals surface area contributed by atoms with Crippen LogP contribution in [0, 0.1) is 17.2 Å². The van der Waals surface area contributed by atoms with E-state index in [2.05, 4.69) is 6.07 Å². The molecule has 1 saturated carbocycles. The normalized spacial score (nSPS) is 22.3. The van der Waals surface area contributed by atoms with E-state index in [-0.39, 0.29) is 17.9 Å². The van der Waals surface area contributed by atoms with Crippen LogP contribution in [-0.4, -0.2) is 19.0 Å². The minimum Gasteiger partial charge on any atom is -0.327 e. The van der Waals surface area contributed by atoms with Gasteiger partial charge in [-0.15, -0.1) is 0 Å². The van der Waals surface area contributed by atoms with Gasteiger partial charge in [-0.2, -0.15) is 5.26 Å². The summed E-state index contributed by atoms with van der Waals surface area (Å²) in [5.41, 5.74) is 6.93. The highest BCUT2D eigenvalue weighted by Crippen LogP contribution is 2.31. The van der Waals surface area contributed by atoms with Crippen LogP contribution in [0.4, 0.5) is 5.69 Å². The maximum Gasteiger partial charge on any atom is 0.231 e. The summed E-state index contributed by atoms with van der Waals surface area (Å²) in [6.07, 6.45) is 0.765. The van der Waals surface area contributed by atoms with E-state index in [4.69, 9.17) is 11.0 Å². The number of nitrogens with zero attached hydrogens (tertiary/aromatic N) is 2. The molecular formula is C12H13N3O. The van der Waals surface area contributed by atoms with Crippen LogP contribution in [-0.2, 0) is 4.79 Å². The van der Waals surface area contributed by atoms with Crippen LogP contribution in [0.3, 0.4) is 0 Å². The van der Waals surface area contributed by atoms with Crippen LogP contribution >= 0.6 is 0 Å². The van der Waals surface area contributed by atoms with Crippen molar-refractivity contribution in [3.63, 3.8) is 0 Å². The molecule has 16 heavy (non-hydrogen) atoms. The number of benzene rings is 1. The van der Waals surface area contributed by atoms with Gasteiger partial charge >= 0.3 is 0 Å². The number of carbonyl (C=O) groups is 1. The smallest absolute Gasteiger partial charge is 0.231 e. The molecule has 1 aromatic carbocycles. The lowest BCUT2D eigenvalue weighted by molar-refractivity contribution is -0.119. The Morgan fingerprint density at radius 2 is 2.31 bits per heavy atom. The Bertz CT molecular complexity index is 464. The quantitative estimate of drug-likeness (QED) is 0.795. The summed E-state index contributed by atoms with van der Waals surface area (Å²) in [4.78, 5) is 13.4. The van der Waals surface area contributed by atoms with Gasteiger partial charge < -0.3 is 10.6 Å². The minimum absolute atomic E-state index is 0.00843. The highest BCUT2D eigenvalue weighted by atomic mass is 16.2. The molecule has 0 aromatic heterocycles. The number of amides is 1. The second kappa shape index (κ2) is 3.95. The maximum absolute atomic E-state index is 11.9. The molecule has 1 aromatic rings. The Kier molecular flexibility index (Phi) is 2.63. The Hall–Kier alpha value is -1.86. The lowest BCUT2D eigenvalue weighted by Crippen LogP contribution is -2.29. The highest BCUT2D eigenvalue weighted by molar-refractivity contribution is 5.96. The van der Waals surface area contributed by atoms with Gasteiger partial charge in [0.25, 0.3) is 0 Å². The first kappa shape index (κ1) is 10.7. The molecule has 0 radical (unpaired) electrons. The number of carbonyl (C=O) groups excluding carboxylic acids is 1. The van der Waals surface area contributed by atoms with Crippen LogP contribution in [0.2, 0.25) is 0 Å². The third-order valence-electron chi connectivity index (χ3n) is 2.85. The monoisotopic (exact) mass is 215 g/mol. The molecule has 2 rings (SSSR count). The van der Waals surface area contributed by atoms with E-state index in [1.807, 2.05) is 6.07 Å². The molecule has 0 aliphatic heterocycles. The standard InChI is InChI=1S/C12H13N3O/c1-15(12(16)10-6-11(10)14)9-4-2-3-8(5-9)7-13/h2-5,10-11H,6,14H2,1H3. The first-order valence-corrected chi connectivity index (χ1v) is 5.17. The second-order valence-corrected chi connectivity index (χ2v) is 4.07. The van der Waals surface area contributed by atoms with E-state index in [1.165, 1.54) is 0 Å². The average molecular weight is 215 g/mol. The number of anilines is 1. The van der Waals surface area contributed by atoms with Crippen LogP contribution in [0.1, 0.15) is 12.0 Å². The van der Waals surface area contributed by atoms with Crippen LogP contribution in [0.15, 0.2) is 24.3 Å². The first-order valence-electron chi connectivity index (χ1n) is 5.17. The van der Waals surface area contributed by atoms with Crippen molar-refractivity contribution >= 4 is 11.6 Å². The van der Waals surface area contributed by atoms with Crippen molar-refractivity contribution in [2.45, 2.75) is 12.5 Å². The summed E-state index contributed by atoms with van der Waals surface area (Å²) in [5.74, 6) is -0.0154. The summed E-state index contributed by atoms with van der Waals surface area (Å²) < 4.78 is 0. The van der Waals surface area contributed by atoms with Gasteiger partial charge in [0.1, 0.15) is 0 Å². The summed E-state index contributed by atoms with van der Waals surface area (Å²) >= 11 is 0. The molecule has 1 amide bonds. The number of hydrogen-bond acceptors (Lipinski definition) is 3. The number of rotatable bonds is 2. The SMILES string of the molecule is CN(C(=O)C1CC1N)c1cccc(C#N)c1. The third-order valence-corrected chi connectivity index (χ3v) is 2.85. The molecule has 2 N–H and O–H groups in total. The van der Waals surface area contributed by atoms with Gasteiger partial charge in [-0.3, -0.25) is 4.79 Å². The fourth-order valence-electron chi connectivity index (χ4n) is 1.66. The van der Waals surface area contributed by atoms with E-state index in [0.29, 0.717) is 5.56 Å². The molecule has 82 valence electrons. The van der Waals surface area contributed by atoms with Gasteiger partial charge in [0.05, 0.1) is 17.6 Å².